The molecule has 1 unspecified atom stereocenters. The van der Waals surface area contributed by atoms with Crippen LogP contribution in [0.1, 0.15) is 11.6 Å². The lowest BCUT2D eigenvalue weighted by Crippen LogP contribution is -2.20. The Morgan fingerprint density at radius 1 is 1.26 bits per heavy atom. The maximum atomic E-state index is 11.3. The van der Waals surface area contributed by atoms with Crippen LogP contribution < -0.4 is 10.1 Å². The molecule has 5 nitrogen and oxygen atoms in total. The maximum absolute atomic E-state index is 11.3. The Balaban J connectivity index is 2.19. The molecule has 19 heavy (non-hydrogen) atoms. The lowest BCUT2D eigenvalue weighted by atomic mass is 10.1. The van der Waals surface area contributed by atoms with E-state index in [0.29, 0.717) is 17.1 Å². The number of aliphatic carboxylic acids is 1. The standard InChI is InChI=1S/C14H14N2O3/c1-19-12-8-7-11(9-15-12)16-13(14(17)18)10-5-3-2-4-6-10/h2-9,13,16H,1H3,(H,17,18). The number of pyridine rings is 1. The first-order valence-corrected chi connectivity index (χ1v) is 5.75. The number of hydrogen-bond donors (Lipinski definition) is 2. The van der Waals surface area contributed by atoms with Gasteiger partial charge in [-0.1, -0.05) is 30.3 Å². The summed E-state index contributed by atoms with van der Waals surface area (Å²) in [6, 6.07) is 11.6. The third-order valence-electron chi connectivity index (χ3n) is 2.64. The predicted octanol–water partition coefficient (Wildman–Crippen LogP) is 2.33. The van der Waals surface area contributed by atoms with Crippen molar-refractivity contribution in [3.05, 3.63) is 54.2 Å². The number of hydrogen-bond acceptors (Lipinski definition) is 4. The van der Waals surface area contributed by atoms with Crippen LogP contribution in [0.15, 0.2) is 48.7 Å². The van der Waals surface area contributed by atoms with Crippen molar-refractivity contribution in [1.29, 1.82) is 0 Å². The van der Waals surface area contributed by atoms with Crippen LogP contribution in [0.5, 0.6) is 5.88 Å². The Morgan fingerprint density at radius 3 is 2.53 bits per heavy atom. The molecule has 2 rings (SSSR count). The van der Waals surface area contributed by atoms with Gasteiger partial charge in [-0.25, -0.2) is 9.78 Å². The Labute approximate surface area is 110 Å². The van der Waals surface area contributed by atoms with E-state index in [0.717, 1.165) is 0 Å². The number of anilines is 1. The highest BCUT2D eigenvalue weighted by atomic mass is 16.5. The van der Waals surface area contributed by atoms with Crippen LogP contribution in [-0.4, -0.2) is 23.2 Å². The van der Waals surface area contributed by atoms with Gasteiger partial charge in [0, 0.05) is 6.07 Å². The van der Waals surface area contributed by atoms with E-state index in [-0.39, 0.29) is 0 Å². The SMILES string of the molecule is COc1ccc(NC(C(=O)O)c2ccccc2)cn1. The zero-order valence-electron chi connectivity index (χ0n) is 10.4. The normalized spacial score (nSPS) is 11.6. The summed E-state index contributed by atoms with van der Waals surface area (Å²) in [5, 5.41) is 12.2. The number of carboxylic acid groups (broad SMARTS) is 1. The monoisotopic (exact) mass is 258 g/mol. The molecular weight excluding hydrogens is 244 g/mol. The maximum Gasteiger partial charge on any atom is 0.330 e. The summed E-state index contributed by atoms with van der Waals surface area (Å²) in [7, 11) is 1.53. The molecule has 0 aliphatic heterocycles. The smallest absolute Gasteiger partial charge is 0.330 e. The molecular formula is C14H14N2O3. The van der Waals surface area contributed by atoms with E-state index in [2.05, 4.69) is 10.3 Å². The van der Waals surface area contributed by atoms with Gasteiger partial charge in [-0.15, -0.1) is 0 Å². The fraction of sp³-hybridized carbons (Fsp3) is 0.143. The third kappa shape index (κ3) is 3.22. The van der Waals surface area contributed by atoms with E-state index in [1.165, 1.54) is 13.3 Å². The van der Waals surface area contributed by atoms with Crippen molar-refractivity contribution in [2.75, 3.05) is 12.4 Å². The minimum Gasteiger partial charge on any atom is -0.481 e. The van der Waals surface area contributed by atoms with Crippen LogP contribution in [0.2, 0.25) is 0 Å². The molecule has 5 heteroatoms. The molecule has 2 N–H and O–H groups in total. The van der Waals surface area contributed by atoms with Crippen LogP contribution in [0, 0.1) is 0 Å². The highest BCUT2D eigenvalue weighted by Crippen LogP contribution is 2.20. The van der Waals surface area contributed by atoms with Crippen molar-refractivity contribution in [2.45, 2.75) is 6.04 Å². The summed E-state index contributed by atoms with van der Waals surface area (Å²) in [4.78, 5) is 15.3. The van der Waals surface area contributed by atoms with Crippen molar-refractivity contribution in [1.82, 2.24) is 4.98 Å². The molecule has 0 bridgehead atoms. The van der Waals surface area contributed by atoms with E-state index < -0.39 is 12.0 Å². The van der Waals surface area contributed by atoms with Crippen molar-refractivity contribution in [3.63, 3.8) is 0 Å². The summed E-state index contributed by atoms with van der Waals surface area (Å²) in [5.74, 6) is -0.459. The van der Waals surface area contributed by atoms with Crippen molar-refractivity contribution < 1.29 is 14.6 Å². The highest BCUT2D eigenvalue weighted by Gasteiger charge is 2.19. The van der Waals surface area contributed by atoms with Crippen molar-refractivity contribution in [3.8, 4) is 5.88 Å². The fourth-order valence-corrected chi connectivity index (χ4v) is 1.69. The molecule has 98 valence electrons. The lowest BCUT2D eigenvalue weighted by Gasteiger charge is -2.15. The Bertz CT molecular complexity index is 540. The molecule has 1 atom stereocenters. The summed E-state index contributed by atoms with van der Waals surface area (Å²) < 4.78 is 4.95. The zero-order chi connectivity index (χ0) is 13.7. The minimum atomic E-state index is -0.943. The van der Waals surface area contributed by atoms with Gasteiger partial charge in [-0.3, -0.25) is 0 Å². The van der Waals surface area contributed by atoms with Crippen molar-refractivity contribution in [2.24, 2.45) is 0 Å². The molecule has 0 saturated carbocycles. The van der Waals surface area contributed by atoms with Crippen LogP contribution in [-0.2, 0) is 4.79 Å². The molecule has 0 radical (unpaired) electrons. The quantitative estimate of drug-likeness (QED) is 0.861. The molecule has 0 spiro atoms. The second-order valence-corrected chi connectivity index (χ2v) is 3.92. The molecule has 0 aliphatic carbocycles. The van der Waals surface area contributed by atoms with E-state index in [1.807, 2.05) is 6.07 Å². The second kappa shape index (κ2) is 5.86. The van der Waals surface area contributed by atoms with E-state index >= 15 is 0 Å². The summed E-state index contributed by atoms with van der Waals surface area (Å²) >= 11 is 0. The number of aromatic nitrogens is 1. The lowest BCUT2D eigenvalue weighted by molar-refractivity contribution is -0.138. The van der Waals surface area contributed by atoms with Crippen molar-refractivity contribution >= 4 is 11.7 Å². The Morgan fingerprint density at radius 2 is 2.00 bits per heavy atom. The largest absolute Gasteiger partial charge is 0.481 e. The van der Waals surface area contributed by atoms with E-state index in [1.54, 1.807) is 36.4 Å². The number of ether oxygens (including phenoxy) is 1. The van der Waals surface area contributed by atoms with Gasteiger partial charge in [0.1, 0.15) is 0 Å². The van der Waals surface area contributed by atoms with Gasteiger partial charge in [0.2, 0.25) is 5.88 Å². The van der Waals surface area contributed by atoms with Gasteiger partial charge in [0.25, 0.3) is 0 Å². The predicted molar refractivity (Wildman–Crippen MR) is 71.2 cm³/mol. The number of carboxylic acids is 1. The fourth-order valence-electron chi connectivity index (χ4n) is 1.69. The van der Waals surface area contributed by atoms with Gasteiger partial charge >= 0.3 is 5.97 Å². The van der Waals surface area contributed by atoms with Crippen LogP contribution in [0.4, 0.5) is 5.69 Å². The molecule has 1 heterocycles. The topological polar surface area (TPSA) is 71.5 Å². The average Bonchev–Trinajstić information content (AvgIpc) is 2.46. The highest BCUT2D eigenvalue weighted by molar-refractivity contribution is 5.79. The van der Waals surface area contributed by atoms with Crippen LogP contribution >= 0.6 is 0 Å². The average molecular weight is 258 g/mol. The van der Waals surface area contributed by atoms with Gasteiger partial charge in [0.05, 0.1) is 19.0 Å². The molecule has 1 aromatic heterocycles. The van der Waals surface area contributed by atoms with Crippen LogP contribution in [0.25, 0.3) is 0 Å². The molecule has 0 fully saturated rings. The molecule has 2 aromatic rings. The second-order valence-electron chi connectivity index (χ2n) is 3.92. The number of benzene rings is 1. The summed E-state index contributed by atoms with van der Waals surface area (Å²) in [5.41, 5.74) is 1.31. The Kier molecular flexibility index (Phi) is 3.97. The first kappa shape index (κ1) is 12.9. The minimum absolute atomic E-state index is 0.483. The van der Waals surface area contributed by atoms with Gasteiger partial charge < -0.3 is 15.2 Å². The number of nitrogens with one attached hydrogen (secondary N) is 1. The van der Waals surface area contributed by atoms with E-state index in [9.17, 15) is 9.90 Å². The molecule has 0 aliphatic rings. The Hall–Kier alpha value is -2.56. The van der Waals surface area contributed by atoms with Gasteiger partial charge in [-0.2, -0.15) is 0 Å². The zero-order valence-corrected chi connectivity index (χ0v) is 10.4. The van der Waals surface area contributed by atoms with Gasteiger partial charge in [0.15, 0.2) is 6.04 Å². The summed E-state index contributed by atoms with van der Waals surface area (Å²) in [6.07, 6.45) is 1.54. The molecule has 1 aromatic carbocycles. The molecule has 0 amide bonds. The number of rotatable bonds is 5. The summed E-state index contributed by atoms with van der Waals surface area (Å²) in [6.45, 7) is 0. The first-order chi connectivity index (χ1) is 9.20. The molecule has 0 saturated heterocycles. The van der Waals surface area contributed by atoms with Gasteiger partial charge in [-0.05, 0) is 11.6 Å². The van der Waals surface area contributed by atoms with E-state index in [4.69, 9.17) is 4.74 Å². The first-order valence-electron chi connectivity index (χ1n) is 5.75. The third-order valence-corrected chi connectivity index (χ3v) is 2.64. The number of methoxy groups -OCH3 is 1. The number of nitrogens with zero attached hydrogens (tertiary/aromatic N) is 1. The van der Waals surface area contributed by atoms with Crippen LogP contribution in [0.3, 0.4) is 0 Å². The number of carbonyl (C=O) groups is 1.